The second-order valence-corrected chi connectivity index (χ2v) is 6.35. The third-order valence-corrected chi connectivity index (χ3v) is 4.95. The van der Waals surface area contributed by atoms with E-state index in [1.165, 1.54) is 5.56 Å². The topological polar surface area (TPSA) is 24.1 Å². The van der Waals surface area contributed by atoms with Crippen LogP contribution in [-0.4, -0.2) is 4.99 Å². The highest BCUT2D eigenvalue weighted by Gasteiger charge is 2.46. The maximum absolute atomic E-state index is 5.82. The van der Waals surface area contributed by atoms with E-state index in [-0.39, 0.29) is 6.17 Å². The van der Waals surface area contributed by atoms with Crippen LogP contribution >= 0.6 is 12.2 Å². The number of nitrogens with one attached hydrogen (secondary N) is 2. The van der Waals surface area contributed by atoms with E-state index in [1.54, 1.807) is 0 Å². The first kappa shape index (κ1) is 15.1. The van der Waals surface area contributed by atoms with Crippen molar-refractivity contribution < 1.29 is 0 Å². The summed E-state index contributed by atoms with van der Waals surface area (Å²) in [4.78, 5) is 0.800. The van der Waals surface area contributed by atoms with Gasteiger partial charge in [0.05, 0.1) is 0 Å². The highest BCUT2D eigenvalue weighted by molar-refractivity contribution is 7.80. The van der Waals surface area contributed by atoms with Crippen molar-refractivity contribution in [1.82, 2.24) is 10.6 Å². The number of benzene rings is 3. The van der Waals surface area contributed by atoms with Crippen molar-refractivity contribution in [2.45, 2.75) is 11.7 Å². The first-order chi connectivity index (χ1) is 11.8. The normalized spacial score (nSPS) is 19.0. The van der Waals surface area contributed by atoms with Gasteiger partial charge in [0.15, 0.2) is 0 Å². The Labute approximate surface area is 147 Å². The minimum Gasteiger partial charge on any atom is -0.358 e. The molecule has 24 heavy (non-hydrogen) atoms. The molecule has 118 valence electrons. The molecule has 4 rings (SSSR count). The van der Waals surface area contributed by atoms with Gasteiger partial charge in [-0.05, 0) is 16.7 Å². The molecule has 0 amide bonds. The molecule has 0 bridgehead atoms. The molecule has 3 heteroatoms. The highest BCUT2D eigenvalue weighted by atomic mass is 32.1. The van der Waals surface area contributed by atoms with Gasteiger partial charge >= 0.3 is 0 Å². The van der Waals surface area contributed by atoms with Gasteiger partial charge < -0.3 is 5.32 Å². The molecule has 0 aromatic heterocycles. The molecule has 1 fully saturated rings. The summed E-state index contributed by atoms with van der Waals surface area (Å²) in [6.45, 7) is 0. The van der Waals surface area contributed by atoms with Crippen LogP contribution in [0.1, 0.15) is 22.9 Å². The molecule has 1 atom stereocenters. The maximum Gasteiger partial charge on any atom is 0.122 e. The Morgan fingerprint density at radius 2 is 1.12 bits per heavy atom. The van der Waals surface area contributed by atoms with Crippen LogP contribution < -0.4 is 10.6 Å². The van der Waals surface area contributed by atoms with Crippen molar-refractivity contribution >= 4 is 17.2 Å². The van der Waals surface area contributed by atoms with Gasteiger partial charge in [0.2, 0.25) is 0 Å². The minimum absolute atomic E-state index is 0.0147. The lowest BCUT2D eigenvalue weighted by Gasteiger charge is -2.30. The van der Waals surface area contributed by atoms with Gasteiger partial charge in [0.25, 0.3) is 0 Å². The van der Waals surface area contributed by atoms with Gasteiger partial charge in [0.1, 0.15) is 16.7 Å². The Morgan fingerprint density at radius 1 is 0.667 bits per heavy atom. The van der Waals surface area contributed by atoms with E-state index in [2.05, 4.69) is 71.3 Å². The molecule has 1 unspecified atom stereocenters. The van der Waals surface area contributed by atoms with Crippen LogP contribution in [0.5, 0.6) is 0 Å². The first-order valence-electron chi connectivity index (χ1n) is 8.05. The molecular weight excluding hydrogens is 312 g/mol. The van der Waals surface area contributed by atoms with E-state index in [1.807, 2.05) is 30.3 Å². The fourth-order valence-electron chi connectivity index (χ4n) is 3.34. The smallest absolute Gasteiger partial charge is 0.122 e. The molecule has 3 aromatic carbocycles. The van der Waals surface area contributed by atoms with E-state index in [0.717, 1.165) is 16.1 Å². The van der Waals surface area contributed by atoms with Crippen LogP contribution in [0.4, 0.5) is 0 Å². The van der Waals surface area contributed by atoms with Gasteiger partial charge in [-0.25, -0.2) is 0 Å². The zero-order chi connectivity index (χ0) is 16.4. The van der Waals surface area contributed by atoms with Gasteiger partial charge in [-0.1, -0.05) is 103 Å². The van der Waals surface area contributed by atoms with E-state index < -0.39 is 5.54 Å². The molecule has 2 nitrogen and oxygen atoms in total. The molecule has 3 aromatic rings. The summed E-state index contributed by atoms with van der Waals surface area (Å²) in [7, 11) is 0. The zero-order valence-electron chi connectivity index (χ0n) is 13.1. The Kier molecular flexibility index (Phi) is 3.89. The maximum atomic E-state index is 5.82. The van der Waals surface area contributed by atoms with Crippen LogP contribution in [0.15, 0.2) is 91.0 Å². The molecule has 0 aliphatic carbocycles. The highest BCUT2D eigenvalue weighted by Crippen LogP contribution is 2.37. The summed E-state index contributed by atoms with van der Waals surface area (Å²) in [5.41, 5.74) is 2.95. The molecule has 0 radical (unpaired) electrons. The van der Waals surface area contributed by atoms with Crippen LogP contribution in [0, 0.1) is 0 Å². The lowest BCUT2D eigenvalue weighted by atomic mass is 9.83. The lowest BCUT2D eigenvalue weighted by Crippen LogP contribution is -2.43. The van der Waals surface area contributed by atoms with Crippen LogP contribution in [0.2, 0.25) is 0 Å². The summed E-state index contributed by atoms with van der Waals surface area (Å²) in [6, 6.07) is 31.1. The molecule has 0 spiro atoms. The van der Waals surface area contributed by atoms with Crippen LogP contribution in [-0.2, 0) is 5.54 Å². The Hall–Kier alpha value is -2.49. The number of thiocarbonyl (C=S) groups is 1. The van der Waals surface area contributed by atoms with Gasteiger partial charge in [0, 0.05) is 0 Å². The SMILES string of the molecule is S=C1NC(c2ccccc2)NC1(c1ccccc1)c1ccccc1. The monoisotopic (exact) mass is 330 g/mol. The standard InChI is InChI=1S/C21H18N2S/c24-20-21(17-12-6-2-7-13-17,18-14-8-3-9-15-18)23-19(22-20)16-10-4-1-5-11-16/h1-15,19,23H,(H,22,24). The van der Waals surface area contributed by atoms with Crippen molar-refractivity contribution in [3.8, 4) is 0 Å². The van der Waals surface area contributed by atoms with Crippen LogP contribution in [0.25, 0.3) is 0 Å². The average Bonchev–Trinajstić information content (AvgIpc) is 3.02. The fourth-order valence-corrected chi connectivity index (χ4v) is 3.75. The van der Waals surface area contributed by atoms with E-state index in [4.69, 9.17) is 12.2 Å². The third kappa shape index (κ3) is 2.42. The second kappa shape index (κ2) is 6.19. The molecule has 1 aliphatic rings. The molecule has 1 heterocycles. The number of hydrogen-bond acceptors (Lipinski definition) is 2. The third-order valence-electron chi connectivity index (χ3n) is 4.52. The summed E-state index contributed by atoms with van der Waals surface area (Å²) >= 11 is 5.82. The average molecular weight is 330 g/mol. The van der Waals surface area contributed by atoms with Crippen molar-refractivity contribution in [3.63, 3.8) is 0 Å². The summed E-state index contributed by atoms with van der Waals surface area (Å²) in [5, 5.41) is 7.23. The predicted octanol–water partition coefficient (Wildman–Crippen LogP) is 4.15. The van der Waals surface area contributed by atoms with E-state index >= 15 is 0 Å². The van der Waals surface area contributed by atoms with E-state index in [9.17, 15) is 0 Å². The number of hydrogen-bond donors (Lipinski definition) is 2. The summed E-state index contributed by atoms with van der Waals surface area (Å²) in [5.74, 6) is 0. The second-order valence-electron chi connectivity index (χ2n) is 5.94. The molecule has 2 N–H and O–H groups in total. The molecule has 1 aliphatic heterocycles. The van der Waals surface area contributed by atoms with Crippen molar-refractivity contribution in [2.75, 3.05) is 0 Å². The van der Waals surface area contributed by atoms with Crippen molar-refractivity contribution in [3.05, 3.63) is 108 Å². The number of rotatable bonds is 3. The Bertz CT molecular complexity index is 792. The summed E-state index contributed by atoms with van der Waals surface area (Å²) in [6.07, 6.45) is -0.0147. The molecule has 1 saturated heterocycles. The van der Waals surface area contributed by atoms with Crippen molar-refractivity contribution in [1.29, 1.82) is 0 Å². The minimum atomic E-state index is -0.516. The predicted molar refractivity (Wildman–Crippen MR) is 102 cm³/mol. The van der Waals surface area contributed by atoms with Crippen LogP contribution in [0.3, 0.4) is 0 Å². The summed E-state index contributed by atoms with van der Waals surface area (Å²) < 4.78 is 0. The Morgan fingerprint density at radius 3 is 1.62 bits per heavy atom. The Balaban J connectivity index is 1.84. The fraction of sp³-hybridized carbons (Fsp3) is 0.0952. The van der Waals surface area contributed by atoms with Crippen molar-refractivity contribution in [2.24, 2.45) is 0 Å². The molecule has 0 saturated carbocycles. The van der Waals surface area contributed by atoms with Gasteiger partial charge in [-0.15, -0.1) is 0 Å². The zero-order valence-corrected chi connectivity index (χ0v) is 14.0. The van der Waals surface area contributed by atoms with E-state index in [0.29, 0.717) is 0 Å². The first-order valence-corrected chi connectivity index (χ1v) is 8.46. The lowest BCUT2D eigenvalue weighted by molar-refractivity contribution is 0.483. The van der Waals surface area contributed by atoms with Gasteiger partial charge in [-0.3, -0.25) is 5.32 Å². The largest absolute Gasteiger partial charge is 0.358 e. The molecular formula is C21H18N2S. The van der Waals surface area contributed by atoms with Gasteiger partial charge in [-0.2, -0.15) is 0 Å². The quantitative estimate of drug-likeness (QED) is 0.706.